The van der Waals surface area contributed by atoms with Crippen LogP contribution in [0.15, 0.2) is 0 Å². The molecule has 0 saturated carbocycles. The highest BCUT2D eigenvalue weighted by molar-refractivity contribution is 6.20. The SMILES string of the molecule is [CH2]CCCCCCC(Cl)CCC. The summed E-state index contributed by atoms with van der Waals surface area (Å²) < 4.78 is 0. The molecule has 0 aliphatic heterocycles. The average molecular weight is 190 g/mol. The zero-order valence-electron chi connectivity index (χ0n) is 8.32. The fourth-order valence-electron chi connectivity index (χ4n) is 1.35. The third kappa shape index (κ3) is 8.39. The van der Waals surface area contributed by atoms with Crippen molar-refractivity contribution in [3.63, 3.8) is 0 Å². The maximum Gasteiger partial charge on any atom is 0.0336 e. The molecule has 0 spiro atoms. The first-order valence-electron chi connectivity index (χ1n) is 5.24. The summed E-state index contributed by atoms with van der Waals surface area (Å²) in [4.78, 5) is 0. The minimum absolute atomic E-state index is 0.426. The number of hydrogen-bond acceptors (Lipinski definition) is 0. The zero-order valence-corrected chi connectivity index (χ0v) is 9.08. The lowest BCUT2D eigenvalue weighted by molar-refractivity contribution is 0.582. The van der Waals surface area contributed by atoms with Gasteiger partial charge in [0.1, 0.15) is 0 Å². The Morgan fingerprint density at radius 3 is 2.33 bits per heavy atom. The normalized spacial score (nSPS) is 13.2. The molecule has 0 fully saturated rings. The van der Waals surface area contributed by atoms with E-state index in [2.05, 4.69) is 13.8 Å². The molecule has 12 heavy (non-hydrogen) atoms. The smallest absolute Gasteiger partial charge is 0.0336 e. The van der Waals surface area contributed by atoms with Crippen molar-refractivity contribution in [1.29, 1.82) is 0 Å². The summed E-state index contributed by atoms with van der Waals surface area (Å²) in [6, 6.07) is 0. The van der Waals surface area contributed by atoms with Crippen LogP contribution in [-0.2, 0) is 0 Å². The van der Waals surface area contributed by atoms with Crippen molar-refractivity contribution in [3.05, 3.63) is 6.92 Å². The highest BCUT2D eigenvalue weighted by atomic mass is 35.5. The monoisotopic (exact) mass is 189 g/mol. The molecule has 1 heteroatoms. The van der Waals surface area contributed by atoms with Crippen LogP contribution in [-0.4, -0.2) is 5.38 Å². The Labute approximate surface area is 82.7 Å². The number of rotatable bonds is 8. The van der Waals surface area contributed by atoms with Gasteiger partial charge in [0.2, 0.25) is 0 Å². The van der Waals surface area contributed by atoms with E-state index < -0.39 is 0 Å². The molecule has 0 aliphatic rings. The Bertz CT molecular complexity index is 81.1. The number of unbranched alkanes of at least 4 members (excludes halogenated alkanes) is 4. The van der Waals surface area contributed by atoms with Crippen LogP contribution in [0, 0.1) is 6.92 Å². The Kier molecular flexibility index (Phi) is 9.61. The lowest BCUT2D eigenvalue weighted by Gasteiger charge is -2.06. The number of hydrogen-bond donors (Lipinski definition) is 0. The van der Waals surface area contributed by atoms with Crippen molar-refractivity contribution in [2.24, 2.45) is 0 Å². The van der Waals surface area contributed by atoms with Gasteiger partial charge in [-0.1, -0.05) is 52.4 Å². The van der Waals surface area contributed by atoms with Gasteiger partial charge in [-0.15, -0.1) is 11.6 Å². The molecular weight excluding hydrogens is 168 g/mol. The predicted molar refractivity (Wildman–Crippen MR) is 57.6 cm³/mol. The molecule has 0 aromatic rings. The summed E-state index contributed by atoms with van der Waals surface area (Å²) in [7, 11) is 0. The van der Waals surface area contributed by atoms with E-state index >= 15 is 0 Å². The molecule has 1 atom stereocenters. The van der Waals surface area contributed by atoms with Crippen LogP contribution in [0.1, 0.15) is 58.3 Å². The summed E-state index contributed by atoms with van der Waals surface area (Å²) in [5, 5.41) is 0.426. The Morgan fingerprint density at radius 1 is 1.08 bits per heavy atom. The highest BCUT2D eigenvalue weighted by Gasteiger charge is 2.01. The van der Waals surface area contributed by atoms with Crippen LogP contribution in [0.4, 0.5) is 0 Å². The van der Waals surface area contributed by atoms with E-state index in [0.29, 0.717) is 5.38 Å². The second-order valence-corrected chi connectivity index (χ2v) is 4.06. The van der Waals surface area contributed by atoms with E-state index in [1.165, 1.54) is 44.9 Å². The van der Waals surface area contributed by atoms with Gasteiger partial charge >= 0.3 is 0 Å². The Hall–Kier alpha value is 0.290. The fourth-order valence-corrected chi connectivity index (χ4v) is 1.73. The molecule has 0 nitrogen and oxygen atoms in total. The van der Waals surface area contributed by atoms with Gasteiger partial charge in [-0.05, 0) is 12.8 Å². The van der Waals surface area contributed by atoms with Crippen LogP contribution in [0.25, 0.3) is 0 Å². The molecule has 1 unspecified atom stereocenters. The van der Waals surface area contributed by atoms with E-state index in [0.717, 1.165) is 6.42 Å². The highest BCUT2D eigenvalue weighted by Crippen LogP contribution is 2.14. The molecule has 0 N–H and O–H groups in total. The molecule has 0 bridgehead atoms. The fraction of sp³-hybridized carbons (Fsp3) is 0.909. The van der Waals surface area contributed by atoms with Crippen molar-refractivity contribution >= 4 is 11.6 Å². The molecule has 0 rings (SSSR count). The van der Waals surface area contributed by atoms with Crippen LogP contribution < -0.4 is 0 Å². The van der Waals surface area contributed by atoms with Crippen molar-refractivity contribution in [3.8, 4) is 0 Å². The predicted octanol–water partition coefficient (Wildman–Crippen LogP) is 4.57. The minimum Gasteiger partial charge on any atom is -0.123 e. The molecule has 0 aromatic heterocycles. The minimum atomic E-state index is 0.426. The lowest BCUT2D eigenvalue weighted by Crippen LogP contribution is -1.96. The van der Waals surface area contributed by atoms with Gasteiger partial charge in [0.15, 0.2) is 0 Å². The molecule has 0 heterocycles. The second-order valence-electron chi connectivity index (χ2n) is 3.44. The first kappa shape index (κ1) is 12.3. The Balaban J connectivity index is 2.97. The maximum absolute atomic E-state index is 6.08. The number of alkyl halides is 1. The van der Waals surface area contributed by atoms with Crippen molar-refractivity contribution < 1.29 is 0 Å². The first-order chi connectivity index (χ1) is 5.81. The molecule has 0 amide bonds. The summed E-state index contributed by atoms with van der Waals surface area (Å²) in [6.45, 7) is 6.01. The van der Waals surface area contributed by atoms with Crippen molar-refractivity contribution in [1.82, 2.24) is 0 Å². The lowest BCUT2D eigenvalue weighted by atomic mass is 10.1. The Morgan fingerprint density at radius 2 is 1.75 bits per heavy atom. The van der Waals surface area contributed by atoms with Crippen molar-refractivity contribution in [2.75, 3.05) is 0 Å². The standard InChI is InChI=1S/C11H22Cl/c1-3-5-6-7-8-10-11(12)9-4-2/h11H,1,3-10H2,2H3. The molecule has 1 radical (unpaired) electrons. The van der Waals surface area contributed by atoms with E-state index in [9.17, 15) is 0 Å². The van der Waals surface area contributed by atoms with E-state index in [4.69, 9.17) is 11.6 Å². The molecule has 73 valence electrons. The van der Waals surface area contributed by atoms with Crippen molar-refractivity contribution in [2.45, 2.75) is 63.7 Å². The average Bonchev–Trinajstić information content (AvgIpc) is 2.05. The third-order valence-electron chi connectivity index (χ3n) is 2.12. The summed E-state index contributed by atoms with van der Waals surface area (Å²) in [5.74, 6) is 0. The summed E-state index contributed by atoms with van der Waals surface area (Å²) in [6.07, 6.45) is 9.92. The topological polar surface area (TPSA) is 0 Å². The summed E-state index contributed by atoms with van der Waals surface area (Å²) in [5.41, 5.74) is 0. The van der Waals surface area contributed by atoms with E-state index in [1.807, 2.05) is 0 Å². The molecule has 0 aliphatic carbocycles. The van der Waals surface area contributed by atoms with Crippen LogP contribution in [0.2, 0.25) is 0 Å². The van der Waals surface area contributed by atoms with E-state index in [-0.39, 0.29) is 0 Å². The van der Waals surface area contributed by atoms with Gasteiger partial charge in [0.25, 0.3) is 0 Å². The van der Waals surface area contributed by atoms with Gasteiger partial charge in [-0.3, -0.25) is 0 Å². The van der Waals surface area contributed by atoms with Crippen LogP contribution >= 0.6 is 11.6 Å². The summed E-state index contributed by atoms with van der Waals surface area (Å²) >= 11 is 6.08. The number of halogens is 1. The second kappa shape index (κ2) is 9.38. The van der Waals surface area contributed by atoms with E-state index in [1.54, 1.807) is 0 Å². The largest absolute Gasteiger partial charge is 0.123 e. The van der Waals surface area contributed by atoms with Crippen LogP contribution in [0.3, 0.4) is 0 Å². The van der Waals surface area contributed by atoms with Gasteiger partial charge in [-0.25, -0.2) is 0 Å². The maximum atomic E-state index is 6.08. The molecular formula is C11H22Cl. The molecule has 0 saturated heterocycles. The molecule has 0 aromatic carbocycles. The van der Waals surface area contributed by atoms with Gasteiger partial charge in [0.05, 0.1) is 0 Å². The quantitative estimate of drug-likeness (QED) is 0.388. The van der Waals surface area contributed by atoms with Gasteiger partial charge in [-0.2, -0.15) is 0 Å². The van der Waals surface area contributed by atoms with Gasteiger partial charge < -0.3 is 0 Å². The zero-order chi connectivity index (χ0) is 9.23. The first-order valence-corrected chi connectivity index (χ1v) is 5.68. The van der Waals surface area contributed by atoms with Crippen LogP contribution in [0.5, 0.6) is 0 Å². The van der Waals surface area contributed by atoms with Gasteiger partial charge in [0, 0.05) is 5.38 Å². The third-order valence-corrected chi connectivity index (χ3v) is 2.56.